The fraction of sp³-hybridized carbons (Fsp3) is 0.500. The molecule has 1 atom stereocenters. The highest BCUT2D eigenvalue weighted by Crippen LogP contribution is 2.06. The molecule has 94 valence electrons. The van der Waals surface area contributed by atoms with Crippen molar-refractivity contribution >= 4 is 5.91 Å². The SMILES string of the molecule is CC(C)CC(CO)NC(=O)c1cncc(F)c1. The average molecular weight is 240 g/mol. The average Bonchev–Trinajstić information content (AvgIpc) is 2.27. The maximum absolute atomic E-state index is 12.9. The Hall–Kier alpha value is -1.49. The van der Waals surface area contributed by atoms with Gasteiger partial charge in [0.05, 0.1) is 24.4 Å². The van der Waals surface area contributed by atoms with Gasteiger partial charge in [0.25, 0.3) is 5.91 Å². The zero-order chi connectivity index (χ0) is 12.8. The van der Waals surface area contributed by atoms with Crippen LogP contribution in [0, 0.1) is 11.7 Å². The standard InChI is InChI=1S/C12H17FN2O2/c1-8(2)3-11(7-16)15-12(17)9-4-10(13)6-14-5-9/h4-6,8,11,16H,3,7H2,1-2H3,(H,15,17). The predicted octanol–water partition coefficient (Wildman–Crippen LogP) is 1.36. The minimum Gasteiger partial charge on any atom is -0.394 e. The van der Waals surface area contributed by atoms with Crippen LogP contribution < -0.4 is 5.32 Å². The number of nitrogens with one attached hydrogen (secondary N) is 1. The van der Waals surface area contributed by atoms with Crippen molar-refractivity contribution in [3.8, 4) is 0 Å². The van der Waals surface area contributed by atoms with E-state index in [0.717, 1.165) is 12.3 Å². The van der Waals surface area contributed by atoms with Crippen LogP contribution in [0.1, 0.15) is 30.6 Å². The molecule has 1 unspecified atom stereocenters. The lowest BCUT2D eigenvalue weighted by Crippen LogP contribution is -2.38. The Morgan fingerprint density at radius 1 is 1.53 bits per heavy atom. The number of pyridine rings is 1. The van der Waals surface area contributed by atoms with Gasteiger partial charge >= 0.3 is 0 Å². The lowest BCUT2D eigenvalue weighted by atomic mass is 10.0. The molecule has 0 saturated carbocycles. The Balaban J connectivity index is 2.64. The normalized spacial score (nSPS) is 12.5. The van der Waals surface area contributed by atoms with Crippen LogP contribution in [0.25, 0.3) is 0 Å². The van der Waals surface area contributed by atoms with Crippen LogP contribution in [-0.2, 0) is 0 Å². The van der Waals surface area contributed by atoms with Crippen molar-refractivity contribution in [2.45, 2.75) is 26.3 Å². The van der Waals surface area contributed by atoms with E-state index < -0.39 is 11.7 Å². The highest BCUT2D eigenvalue weighted by atomic mass is 19.1. The van der Waals surface area contributed by atoms with Crippen LogP contribution in [0.2, 0.25) is 0 Å². The van der Waals surface area contributed by atoms with E-state index in [-0.39, 0.29) is 18.2 Å². The van der Waals surface area contributed by atoms with Gasteiger partial charge in [-0.25, -0.2) is 4.39 Å². The molecule has 0 bridgehead atoms. The first kappa shape index (κ1) is 13.6. The minimum absolute atomic E-state index is 0.132. The van der Waals surface area contributed by atoms with E-state index in [0.29, 0.717) is 12.3 Å². The summed E-state index contributed by atoms with van der Waals surface area (Å²) in [5, 5.41) is 11.8. The third-order valence-corrected chi connectivity index (χ3v) is 2.28. The number of hydrogen-bond donors (Lipinski definition) is 2. The molecule has 5 heteroatoms. The molecule has 4 nitrogen and oxygen atoms in total. The third kappa shape index (κ3) is 4.48. The third-order valence-electron chi connectivity index (χ3n) is 2.28. The Morgan fingerprint density at radius 3 is 2.76 bits per heavy atom. The van der Waals surface area contributed by atoms with Crippen LogP contribution in [0.4, 0.5) is 4.39 Å². The highest BCUT2D eigenvalue weighted by Gasteiger charge is 2.14. The summed E-state index contributed by atoms with van der Waals surface area (Å²) in [5.74, 6) is -0.614. The molecule has 2 N–H and O–H groups in total. The Bertz CT molecular complexity index is 383. The molecule has 0 aliphatic rings. The smallest absolute Gasteiger partial charge is 0.253 e. The summed E-state index contributed by atoms with van der Waals surface area (Å²) < 4.78 is 12.9. The second kappa shape index (κ2) is 6.30. The quantitative estimate of drug-likeness (QED) is 0.816. The predicted molar refractivity (Wildman–Crippen MR) is 62.0 cm³/mol. The van der Waals surface area contributed by atoms with Crippen molar-refractivity contribution in [3.05, 3.63) is 29.8 Å². The highest BCUT2D eigenvalue weighted by molar-refractivity contribution is 5.94. The molecule has 0 radical (unpaired) electrons. The Morgan fingerprint density at radius 2 is 2.24 bits per heavy atom. The van der Waals surface area contributed by atoms with Gasteiger partial charge in [-0.05, 0) is 18.4 Å². The Labute approximate surface area is 99.9 Å². The molecular weight excluding hydrogens is 223 g/mol. The number of carbonyl (C=O) groups is 1. The maximum Gasteiger partial charge on any atom is 0.253 e. The molecule has 1 amide bonds. The first-order valence-electron chi connectivity index (χ1n) is 5.55. The summed E-state index contributed by atoms with van der Waals surface area (Å²) in [4.78, 5) is 15.3. The number of nitrogens with zero attached hydrogens (tertiary/aromatic N) is 1. The van der Waals surface area contributed by atoms with Crippen LogP contribution >= 0.6 is 0 Å². The first-order chi connectivity index (χ1) is 8.02. The van der Waals surface area contributed by atoms with Crippen LogP contribution in [-0.4, -0.2) is 28.6 Å². The number of hydrogen-bond acceptors (Lipinski definition) is 3. The van der Waals surface area contributed by atoms with Crippen molar-refractivity contribution < 1.29 is 14.3 Å². The van der Waals surface area contributed by atoms with E-state index in [4.69, 9.17) is 5.11 Å². The van der Waals surface area contributed by atoms with Gasteiger partial charge in [0, 0.05) is 6.20 Å². The van der Waals surface area contributed by atoms with Gasteiger partial charge in [0.2, 0.25) is 0 Å². The summed E-state index contributed by atoms with van der Waals surface area (Å²) >= 11 is 0. The molecule has 17 heavy (non-hydrogen) atoms. The van der Waals surface area contributed by atoms with Crippen molar-refractivity contribution in [1.82, 2.24) is 10.3 Å². The van der Waals surface area contributed by atoms with Crippen molar-refractivity contribution in [1.29, 1.82) is 0 Å². The zero-order valence-corrected chi connectivity index (χ0v) is 9.98. The number of aromatic nitrogens is 1. The molecule has 1 rings (SSSR count). The van der Waals surface area contributed by atoms with Gasteiger partial charge < -0.3 is 10.4 Å². The van der Waals surface area contributed by atoms with Gasteiger partial charge in [0.1, 0.15) is 5.82 Å². The van der Waals surface area contributed by atoms with E-state index in [1.165, 1.54) is 6.20 Å². The second-order valence-electron chi connectivity index (χ2n) is 4.37. The summed E-state index contributed by atoms with van der Waals surface area (Å²) in [6.45, 7) is 3.86. The molecule has 0 aromatic carbocycles. The first-order valence-corrected chi connectivity index (χ1v) is 5.55. The fourth-order valence-corrected chi connectivity index (χ4v) is 1.55. The van der Waals surface area contributed by atoms with Crippen molar-refractivity contribution in [2.75, 3.05) is 6.61 Å². The number of amides is 1. The minimum atomic E-state index is -0.554. The van der Waals surface area contributed by atoms with E-state index in [9.17, 15) is 9.18 Å². The molecule has 0 spiro atoms. The summed E-state index contributed by atoms with van der Waals surface area (Å²) in [5.41, 5.74) is 0.159. The van der Waals surface area contributed by atoms with Crippen molar-refractivity contribution in [2.24, 2.45) is 5.92 Å². The maximum atomic E-state index is 12.9. The van der Waals surface area contributed by atoms with Crippen LogP contribution in [0.3, 0.4) is 0 Å². The summed E-state index contributed by atoms with van der Waals surface area (Å²) in [6.07, 6.45) is 3.00. The van der Waals surface area contributed by atoms with Gasteiger partial charge in [0.15, 0.2) is 0 Å². The zero-order valence-electron chi connectivity index (χ0n) is 9.98. The van der Waals surface area contributed by atoms with Gasteiger partial charge in [-0.3, -0.25) is 9.78 Å². The van der Waals surface area contributed by atoms with Gasteiger partial charge in [-0.1, -0.05) is 13.8 Å². The van der Waals surface area contributed by atoms with E-state index in [1.54, 1.807) is 0 Å². The molecule has 0 aliphatic carbocycles. The van der Waals surface area contributed by atoms with Crippen LogP contribution in [0.5, 0.6) is 0 Å². The van der Waals surface area contributed by atoms with Gasteiger partial charge in [-0.2, -0.15) is 0 Å². The summed E-state index contributed by atoms with van der Waals surface area (Å²) in [7, 11) is 0. The lowest BCUT2D eigenvalue weighted by molar-refractivity contribution is 0.0907. The van der Waals surface area contributed by atoms with E-state index >= 15 is 0 Å². The molecule has 1 heterocycles. The monoisotopic (exact) mass is 240 g/mol. The topological polar surface area (TPSA) is 62.2 Å². The van der Waals surface area contributed by atoms with E-state index in [2.05, 4.69) is 10.3 Å². The summed E-state index contributed by atoms with van der Waals surface area (Å²) in [6, 6.07) is 0.803. The molecule has 1 aromatic heterocycles. The molecule has 1 aromatic rings. The number of halogens is 1. The molecule has 0 aliphatic heterocycles. The number of rotatable bonds is 5. The number of carbonyl (C=O) groups excluding carboxylic acids is 1. The molecular formula is C12H17FN2O2. The van der Waals surface area contributed by atoms with Crippen molar-refractivity contribution in [3.63, 3.8) is 0 Å². The fourth-order valence-electron chi connectivity index (χ4n) is 1.55. The second-order valence-corrected chi connectivity index (χ2v) is 4.37. The Kier molecular flexibility index (Phi) is 5.03. The largest absolute Gasteiger partial charge is 0.394 e. The van der Waals surface area contributed by atoms with E-state index in [1.807, 2.05) is 13.8 Å². The lowest BCUT2D eigenvalue weighted by Gasteiger charge is -2.18. The van der Waals surface area contributed by atoms with Crippen LogP contribution in [0.15, 0.2) is 18.5 Å². The molecule has 0 saturated heterocycles. The van der Waals surface area contributed by atoms with Gasteiger partial charge in [-0.15, -0.1) is 0 Å². The number of aliphatic hydroxyl groups is 1. The molecule has 0 fully saturated rings. The number of aliphatic hydroxyl groups excluding tert-OH is 1.